The van der Waals surface area contributed by atoms with E-state index in [4.69, 9.17) is 4.74 Å². The third kappa shape index (κ3) is 3.41. The minimum absolute atomic E-state index is 0.0510. The van der Waals surface area contributed by atoms with Gasteiger partial charge in [0.15, 0.2) is 5.69 Å². The zero-order valence-electron chi connectivity index (χ0n) is 15.8. The zero-order valence-corrected chi connectivity index (χ0v) is 15.8. The van der Waals surface area contributed by atoms with Crippen molar-refractivity contribution in [1.82, 2.24) is 14.6 Å². The fourth-order valence-corrected chi connectivity index (χ4v) is 3.45. The molecule has 1 N–H and O–H groups in total. The third-order valence-electron chi connectivity index (χ3n) is 4.97. The number of H-pyrrole nitrogens is 1. The van der Waals surface area contributed by atoms with E-state index in [2.05, 4.69) is 10.1 Å². The first-order valence-corrected chi connectivity index (χ1v) is 9.21. The Kier molecular flexibility index (Phi) is 4.48. The predicted octanol–water partition coefficient (Wildman–Crippen LogP) is 4.07. The van der Waals surface area contributed by atoms with Crippen molar-refractivity contribution in [2.75, 3.05) is 6.61 Å². The summed E-state index contributed by atoms with van der Waals surface area (Å²) in [6.45, 7) is 3.21. The maximum absolute atomic E-state index is 13.2. The first-order chi connectivity index (χ1) is 13.7. The third-order valence-corrected chi connectivity index (χ3v) is 4.97. The van der Waals surface area contributed by atoms with Crippen molar-refractivity contribution in [2.45, 2.75) is 38.8 Å². The number of nitrogens with zero attached hydrogens (tertiary/aromatic N) is 2. The Balaban J connectivity index is 1.89. The Morgan fingerprint density at radius 3 is 2.69 bits per heavy atom. The number of ether oxygens (including phenoxy) is 1. The molecule has 0 aliphatic heterocycles. The summed E-state index contributed by atoms with van der Waals surface area (Å²) in [4.78, 5) is 27.7. The van der Waals surface area contributed by atoms with Gasteiger partial charge in [-0.05, 0) is 44.2 Å². The molecule has 9 heteroatoms. The van der Waals surface area contributed by atoms with Gasteiger partial charge in [0.25, 0.3) is 5.56 Å². The molecule has 0 amide bonds. The normalized spacial score (nSPS) is 14.4. The molecule has 0 atom stereocenters. The number of alkyl halides is 3. The largest absolute Gasteiger partial charge is 0.461 e. The van der Waals surface area contributed by atoms with E-state index in [1.165, 1.54) is 29.8 Å². The second kappa shape index (κ2) is 6.75. The van der Waals surface area contributed by atoms with Crippen molar-refractivity contribution in [3.63, 3.8) is 0 Å². The Morgan fingerprint density at radius 1 is 1.34 bits per heavy atom. The lowest BCUT2D eigenvalue weighted by molar-refractivity contribution is -0.138. The number of nitrogens with one attached hydrogen (secondary N) is 1. The van der Waals surface area contributed by atoms with E-state index in [1.807, 2.05) is 0 Å². The summed E-state index contributed by atoms with van der Waals surface area (Å²) >= 11 is 0. The molecule has 152 valence electrons. The monoisotopic (exact) mass is 405 g/mol. The van der Waals surface area contributed by atoms with E-state index in [-0.39, 0.29) is 40.6 Å². The number of aryl methyl sites for hydroxylation is 1. The number of aromatic nitrogens is 3. The highest BCUT2D eigenvalue weighted by Gasteiger charge is 2.35. The Hall–Kier alpha value is -3.10. The highest BCUT2D eigenvalue weighted by atomic mass is 19.4. The Labute approximate surface area is 163 Å². The van der Waals surface area contributed by atoms with Crippen LogP contribution in [0.15, 0.2) is 29.2 Å². The summed E-state index contributed by atoms with van der Waals surface area (Å²) in [5.74, 6) is -0.566. The van der Waals surface area contributed by atoms with Crippen LogP contribution in [0.25, 0.3) is 16.8 Å². The van der Waals surface area contributed by atoms with Crippen LogP contribution < -0.4 is 5.56 Å². The molecule has 1 saturated carbocycles. The minimum Gasteiger partial charge on any atom is -0.461 e. The number of aromatic amines is 1. The van der Waals surface area contributed by atoms with Crippen LogP contribution >= 0.6 is 0 Å². The SMILES string of the molecule is CCOC(=O)c1nn2cc(-c3ccc(C)c(C(F)(F)F)c3)[nH]c(=O)c2c1C1CC1. The number of hydrogen-bond donors (Lipinski definition) is 1. The van der Waals surface area contributed by atoms with Gasteiger partial charge in [-0.15, -0.1) is 0 Å². The van der Waals surface area contributed by atoms with Gasteiger partial charge in [0.2, 0.25) is 0 Å². The molecule has 6 nitrogen and oxygen atoms in total. The minimum atomic E-state index is -4.51. The topological polar surface area (TPSA) is 76.5 Å². The maximum Gasteiger partial charge on any atom is 0.416 e. The van der Waals surface area contributed by atoms with E-state index in [9.17, 15) is 22.8 Å². The number of halogens is 3. The Bertz CT molecular complexity index is 1170. The van der Waals surface area contributed by atoms with Gasteiger partial charge in [-0.1, -0.05) is 12.1 Å². The number of rotatable bonds is 4. The number of fused-ring (bicyclic) bond motifs is 1. The van der Waals surface area contributed by atoms with Crippen molar-refractivity contribution < 1.29 is 22.7 Å². The lowest BCUT2D eigenvalue weighted by Gasteiger charge is -2.12. The molecule has 0 saturated heterocycles. The molecule has 1 fully saturated rings. The fourth-order valence-electron chi connectivity index (χ4n) is 3.45. The average Bonchev–Trinajstić information content (AvgIpc) is 3.41. The maximum atomic E-state index is 13.2. The lowest BCUT2D eigenvalue weighted by Crippen LogP contribution is -2.13. The van der Waals surface area contributed by atoms with E-state index >= 15 is 0 Å². The highest BCUT2D eigenvalue weighted by Crippen LogP contribution is 2.43. The second-order valence-corrected chi connectivity index (χ2v) is 7.07. The van der Waals surface area contributed by atoms with Crippen molar-refractivity contribution in [1.29, 1.82) is 0 Å². The molecule has 2 heterocycles. The fraction of sp³-hybridized carbons (Fsp3) is 0.350. The van der Waals surface area contributed by atoms with E-state index in [0.717, 1.165) is 18.9 Å². The molecule has 0 radical (unpaired) electrons. The van der Waals surface area contributed by atoms with Crippen LogP contribution in [-0.4, -0.2) is 27.2 Å². The molecule has 29 heavy (non-hydrogen) atoms. The first-order valence-electron chi connectivity index (χ1n) is 9.21. The second-order valence-electron chi connectivity index (χ2n) is 7.07. The number of carbonyl (C=O) groups excluding carboxylic acids is 1. The quantitative estimate of drug-likeness (QED) is 0.664. The summed E-state index contributed by atoms with van der Waals surface area (Å²) in [6, 6.07) is 3.84. The summed E-state index contributed by atoms with van der Waals surface area (Å²) in [5.41, 5.74) is 0.0140. The van der Waals surface area contributed by atoms with E-state index < -0.39 is 23.3 Å². The summed E-state index contributed by atoms with van der Waals surface area (Å²) in [5, 5.41) is 4.23. The van der Waals surface area contributed by atoms with Crippen LogP contribution in [0, 0.1) is 6.92 Å². The molecule has 2 aromatic heterocycles. The van der Waals surface area contributed by atoms with E-state index in [1.54, 1.807) is 6.92 Å². The van der Waals surface area contributed by atoms with Gasteiger partial charge in [-0.3, -0.25) is 4.79 Å². The molecule has 0 unspecified atom stereocenters. The lowest BCUT2D eigenvalue weighted by atomic mass is 10.0. The number of hydrogen-bond acceptors (Lipinski definition) is 4. The number of benzene rings is 1. The van der Waals surface area contributed by atoms with Crippen molar-refractivity contribution in [2.24, 2.45) is 0 Å². The molecule has 1 aliphatic carbocycles. The molecule has 4 rings (SSSR count). The van der Waals surface area contributed by atoms with Crippen LogP contribution in [0.2, 0.25) is 0 Å². The van der Waals surface area contributed by atoms with Gasteiger partial charge in [0, 0.05) is 11.1 Å². The number of carbonyl (C=O) groups is 1. The van der Waals surface area contributed by atoms with Gasteiger partial charge in [0.1, 0.15) is 5.52 Å². The number of esters is 1. The van der Waals surface area contributed by atoms with Gasteiger partial charge >= 0.3 is 12.1 Å². The molecule has 3 aromatic rings. The molecule has 0 spiro atoms. The molecule has 1 aliphatic rings. The van der Waals surface area contributed by atoms with Crippen LogP contribution in [-0.2, 0) is 10.9 Å². The molecule has 0 bridgehead atoms. The predicted molar refractivity (Wildman–Crippen MR) is 98.9 cm³/mol. The zero-order chi connectivity index (χ0) is 20.9. The highest BCUT2D eigenvalue weighted by molar-refractivity contribution is 5.92. The first kappa shape index (κ1) is 19.2. The van der Waals surface area contributed by atoms with Crippen LogP contribution in [0.3, 0.4) is 0 Å². The van der Waals surface area contributed by atoms with Gasteiger partial charge in [-0.25, -0.2) is 9.31 Å². The summed E-state index contributed by atoms with van der Waals surface area (Å²) in [7, 11) is 0. The van der Waals surface area contributed by atoms with Gasteiger partial charge in [-0.2, -0.15) is 18.3 Å². The van der Waals surface area contributed by atoms with Crippen molar-refractivity contribution in [3.05, 3.63) is 57.1 Å². The van der Waals surface area contributed by atoms with Crippen molar-refractivity contribution in [3.8, 4) is 11.3 Å². The summed E-state index contributed by atoms with van der Waals surface area (Å²) < 4.78 is 46.1. The standard InChI is InChI=1S/C20H18F3N3O3/c1-3-29-19(28)16-15(11-6-7-11)17-18(27)24-14(9-26(17)25-16)12-5-4-10(2)13(8-12)20(21,22)23/h4-5,8-9,11H,3,6-7H2,1-2H3,(H,24,27). The Morgan fingerprint density at radius 2 is 2.07 bits per heavy atom. The van der Waals surface area contributed by atoms with Gasteiger partial charge < -0.3 is 9.72 Å². The van der Waals surface area contributed by atoms with Crippen molar-refractivity contribution >= 4 is 11.5 Å². The average molecular weight is 405 g/mol. The molecular formula is C20H18F3N3O3. The molecule has 1 aromatic carbocycles. The van der Waals surface area contributed by atoms with Crippen LogP contribution in [0.5, 0.6) is 0 Å². The van der Waals surface area contributed by atoms with Crippen LogP contribution in [0.1, 0.15) is 52.9 Å². The van der Waals surface area contributed by atoms with E-state index in [0.29, 0.717) is 5.56 Å². The smallest absolute Gasteiger partial charge is 0.416 e. The van der Waals surface area contributed by atoms with Crippen LogP contribution in [0.4, 0.5) is 13.2 Å². The summed E-state index contributed by atoms with van der Waals surface area (Å²) in [6.07, 6.45) is -1.41. The molecular weight excluding hydrogens is 387 g/mol. The van der Waals surface area contributed by atoms with Gasteiger partial charge in [0.05, 0.1) is 24.1 Å².